The van der Waals surface area contributed by atoms with Crippen LogP contribution < -0.4 is 0 Å². The van der Waals surface area contributed by atoms with Crippen LogP contribution in [0.2, 0.25) is 0 Å². The van der Waals surface area contributed by atoms with Crippen molar-refractivity contribution in [2.45, 2.75) is 0 Å². The fraction of sp³-hybridized carbons (Fsp3) is 0. The van der Waals surface area contributed by atoms with Crippen LogP contribution >= 0.6 is 0 Å². The van der Waals surface area contributed by atoms with E-state index in [2.05, 4.69) is 209 Å². The van der Waals surface area contributed by atoms with E-state index in [-0.39, 0.29) is 0 Å². The zero-order valence-corrected chi connectivity index (χ0v) is 31.4. The second kappa shape index (κ2) is 12.9. The molecule has 12 aromatic rings. The quantitative estimate of drug-likeness (QED) is 0.176. The number of benzene rings is 9. The first kappa shape index (κ1) is 32.4. The number of rotatable bonds is 5. The molecule has 3 aromatic heterocycles. The fourth-order valence-electron chi connectivity index (χ4n) is 9.08. The number of para-hydroxylation sites is 3. The minimum Gasteiger partial charge on any atom is -0.309 e. The van der Waals surface area contributed by atoms with Crippen molar-refractivity contribution in [1.82, 2.24) is 19.1 Å². The predicted molar refractivity (Wildman–Crippen MR) is 242 cm³/mol. The molecular weight excluding hydrogens is 705 g/mol. The third-order valence-corrected chi connectivity index (χ3v) is 11.7. The highest BCUT2D eigenvalue weighted by atomic mass is 15.0. The molecule has 3 heterocycles. The Morgan fingerprint density at radius 1 is 0.310 bits per heavy atom. The molecule has 58 heavy (non-hydrogen) atoms. The maximum Gasteiger partial charge on any atom is 0.161 e. The van der Waals surface area contributed by atoms with Gasteiger partial charge >= 0.3 is 0 Å². The lowest BCUT2D eigenvalue weighted by molar-refractivity contribution is 1.16. The summed E-state index contributed by atoms with van der Waals surface area (Å²) in [4.78, 5) is 10.7. The lowest BCUT2D eigenvalue weighted by Crippen LogP contribution is -1.99. The Bertz CT molecular complexity index is 3560. The molecule has 0 saturated heterocycles. The van der Waals surface area contributed by atoms with Crippen LogP contribution in [0.1, 0.15) is 0 Å². The molecule has 0 atom stereocenters. The lowest BCUT2D eigenvalue weighted by atomic mass is 10.0. The minimum atomic E-state index is 0.691. The molecule has 0 aliphatic carbocycles. The van der Waals surface area contributed by atoms with Crippen molar-refractivity contribution < 1.29 is 0 Å². The van der Waals surface area contributed by atoms with Gasteiger partial charge in [-0.3, -0.25) is 0 Å². The van der Waals surface area contributed by atoms with Crippen LogP contribution in [0.3, 0.4) is 0 Å². The summed E-state index contributed by atoms with van der Waals surface area (Å²) in [5.74, 6) is 0.691. The van der Waals surface area contributed by atoms with E-state index < -0.39 is 0 Å². The maximum atomic E-state index is 5.39. The molecule has 4 heteroatoms. The number of nitrogens with zero attached hydrogens (tertiary/aromatic N) is 4. The van der Waals surface area contributed by atoms with E-state index in [4.69, 9.17) is 9.97 Å². The summed E-state index contributed by atoms with van der Waals surface area (Å²) in [7, 11) is 0. The Hall–Kier alpha value is -7.82. The molecule has 9 aromatic carbocycles. The van der Waals surface area contributed by atoms with Crippen LogP contribution in [0.5, 0.6) is 0 Å². The highest BCUT2D eigenvalue weighted by Gasteiger charge is 2.22. The smallest absolute Gasteiger partial charge is 0.161 e. The second-order valence-electron chi connectivity index (χ2n) is 15.0. The van der Waals surface area contributed by atoms with E-state index in [9.17, 15) is 0 Å². The van der Waals surface area contributed by atoms with Gasteiger partial charge in [-0.05, 0) is 82.2 Å². The van der Waals surface area contributed by atoms with Gasteiger partial charge in [0.05, 0.1) is 33.5 Å². The summed E-state index contributed by atoms with van der Waals surface area (Å²) in [6.45, 7) is 0. The van der Waals surface area contributed by atoms with E-state index in [1.807, 2.05) is 6.07 Å². The number of fused-ring (bicyclic) bond motifs is 9. The number of aromatic nitrogens is 4. The summed E-state index contributed by atoms with van der Waals surface area (Å²) < 4.78 is 4.83. The number of hydrogen-bond donors (Lipinski definition) is 0. The van der Waals surface area contributed by atoms with Gasteiger partial charge in [0.15, 0.2) is 5.82 Å². The Kier molecular flexibility index (Phi) is 7.20. The maximum absolute atomic E-state index is 5.39. The van der Waals surface area contributed by atoms with Gasteiger partial charge in [0, 0.05) is 49.6 Å². The van der Waals surface area contributed by atoms with Crippen LogP contribution in [0.25, 0.3) is 110 Å². The van der Waals surface area contributed by atoms with Crippen LogP contribution in [-0.2, 0) is 0 Å². The predicted octanol–water partition coefficient (Wildman–Crippen LogP) is 14.0. The van der Waals surface area contributed by atoms with Gasteiger partial charge in [0.2, 0.25) is 0 Å². The molecule has 0 fully saturated rings. The van der Waals surface area contributed by atoms with E-state index >= 15 is 0 Å². The Morgan fingerprint density at radius 2 is 0.845 bits per heavy atom. The van der Waals surface area contributed by atoms with E-state index in [1.54, 1.807) is 0 Å². The van der Waals surface area contributed by atoms with Crippen LogP contribution in [0, 0.1) is 0 Å². The number of hydrogen-bond acceptors (Lipinski definition) is 2. The van der Waals surface area contributed by atoms with Gasteiger partial charge in [-0.15, -0.1) is 0 Å². The first-order valence-electron chi connectivity index (χ1n) is 19.7. The highest BCUT2D eigenvalue weighted by Crippen LogP contribution is 2.43. The molecular formula is C54H34N4. The van der Waals surface area contributed by atoms with Crippen LogP contribution in [0.4, 0.5) is 0 Å². The largest absolute Gasteiger partial charge is 0.309 e. The van der Waals surface area contributed by atoms with Crippen LogP contribution in [-0.4, -0.2) is 19.1 Å². The van der Waals surface area contributed by atoms with E-state index in [1.165, 1.54) is 43.4 Å². The Balaban J connectivity index is 1.14. The van der Waals surface area contributed by atoms with Crippen molar-refractivity contribution >= 4 is 65.2 Å². The third-order valence-electron chi connectivity index (χ3n) is 11.7. The van der Waals surface area contributed by atoms with E-state index in [0.29, 0.717) is 5.82 Å². The summed E-state index contributed by atoms with van der Waals surface area (Å²) in [5.41, 5.74) is 11.8. The van der Waals surface area contributed by atoms with Gasteiger partial charge < -0.3 is 9.13 Å². The third kappa shape index (κ3) is 5.02. The van der Waals surface area contributed by atoms with Gasteiger partial charge in [-0.1, -0.05) is 146 Å². The van der Waals surface area contributed by atoms with Crippen molar-refractivity contribution in [2.24, 2.45) is 0 Å². The molecule has 0 amide bonds. The molecule has 0 bridgehead atoms. The van der Waals surface area contributed by atoms with Crippen molar-refractivity contribution in [2.75, 3.05) is 0 Å². The average molecular weight is 739 g/mol. The molecule has 0 unspecified atom stereocenters. The molecule has 12 rings (SSSR count). The highest BCUT2D eigenvalue weighted by molar-refractivity contribution is 6.29. The zero-order chi connectivity index (χ0) is 38.2. The molecule has 0 aliphatic heterocycles. The van der Waals surface area contributed by atoms with Crippen LogP contribution in [0.15, 0.2) is 206 Å². The van der Waals surface area contributed by atoms with Gasteiger partial charge in [-0.2, -0.15) is 0 Å². The van der Waals surface area contributed by atoms with Crippen molar-refractivity contribution in [3.63, 3.8) is 0 Å². The topological polar surface area (TPSA) is 35.6 Å². The first-order valence-corrected chi connectivity index (χ1v) is 19.7. The second-order valence-corrected chi connectivity index (χ2v) is 15.0. The minimum absolute atomic E-state index is 0.691. The molecule has 270 valence electrons. The first-order chi connectivity index (χ1) is 28.8. The van der Waals surface area contributed by atoms with Crippen molar-refractivity contribution in [3.05, 3.63) is 206 Å². The SMILES string of the molecule is c1ccc(-c2cc(-c3ccc4ccccc4c3)nc(-c3cc(-n4c5ccccc5c5c6c7ccccc7n(-c7ccccc7)c6ccc54)cc4ccccc34)n2)cc1. The molecule has 0 radical (unpaired) electrons. The molecule has 0 aliphatic rings. The normalized spacial score (nSPS) is 11.8. The monoisotopic (exact) mass is 738 g/mol. The van der Waals surface area contributed by atoms with E-state index in [0.717, 1.165) is 61.3 Å². The summed E-state index contributed by atoms with van der Waals surface area (Å²) >= 11 is 0. The molecule has 0 saturated carbocycles. The lowest BCUT2D eigenvalue weighted by Gasteiger charge is -2.15. The zero-order valence-electron chi connectivity index (χ0n) is 31.4. The Labute approximate surface area is 334 Å². The molecule has 0 spiro atoms. The summed E-state index contributed by atoms with van der Waals surface area (Å²) in [5, 5.41) is 9.58. The Morgan fingerprint density at radius 3 is 1.53 bits per heavy atom. The molecule has 4 nitrogen and oxygen atoms in total. The fourth-order valence-corrected chi connectivity index (χ4v) is 9.08. The van der Waals surface area contributed by atoms with Crippen molar-refractivity contribution in [1.29, 1.82) is 0 Å². The van der Waals surface area contributed by atoms with Gasteiger partial charge in [0.25, 0.3) is 0 Å². The average Bonchev–Trinajstić information content (AvgIpc) is 3.82. The summed E-state index contributed by atoms with van der Waals surface area (Å²) in [6, 6.07) is 73.7. The van der Waals surface area contributed by atoms with Gasteiger partial charge in [0.1, 0.15) is 0 Å². The molecule has 0 N–H and O–H groups in total. The van der Waals surface area contributed by atoms with Crippen molar-refractivity contribution in [3.8, 4) is 45.3 Å². The summed E-state index contributed by atoms with van der Waals surface area (Å²) in [6.07, 6.45) is 0. The van der Waals surface area contributed by atoms with Gasteiger partial charge in [-0.25, -0.2) is 9.97 Å². The standard InChI is InChI=1S/C54H34N4/c1-3-16-36(17-4-1)46-34-47(39-28-27-35-15-7-8-18-37(35)31-39)56-54(55-46)45-33-41(32-38-19-9-10-22-42(38)45)58-49-26-14-12-24-44(49)53-51(58)30-29-50-52(53)43-23-11-13-25-48(43)57(50)40-20-5-2-6-21-40/h1-34H.